The Labute approximate surface area is 151 Å². The van der Waals surface area contributed by atoms with Crippen molar-refractivity contribution in [2.75, 3.05) is 46.4 Å². The van der Waals surface area contributed by atoms with E-state index in [1.807, 2.05) is 9.80 Å². The SMILES string of the molecule is COC1(C(=O)N2CCN(C(=O)CC3CCCCC3)CC2)CCNCC1. The monoisotopic (exact) mass is 351 g/mol. The van der Waals surface area contributed by atoms with Crippen LogP contribution in [0.25, 0.3) is 0 Å². The molecular weight excluding hydrogens is 318 g/mol. The summed E-state index contributed by atoms with van der Waals surface area (Å²) in [7, 11) is 1.65. The van der Waals surface area contributed by atoms with Crippen molar-refractivity contribution >= 4 is 11.8 Å². The molecule has 3 fully saturated rings. The van der Waals surface area contributed by atoms with Crippen LogP contribution in [0, 0.1) is 5.92 Å². The first-order valence-corrected chi connectivity index (χ1v) is 9.98. The zero-order chi connectivity index (χ0) is 17.7. The number of nitrogens with zero attached hydrogens (tertiary/aromatic N) is 2. The van der Waals surface area contributed by atoms with Crippen molar-refractivity contribution in [2.24, 2.45) is 5.92 Å². The number of rotatable bonds is 4. The number of piperazine rings is 1. The number of carbonyl (C=O) groups is 2. The summed E-state index contributed by atoms with van der Waals surface area (Å²) in [6.07, 6.45) is 8.42. The van der Waals surface area contributed by atoms with Gasteiger partial charge in [-0.25, -0.2) is 0 Å². The van der Waals surface area contributed by atoms with Crippen molar-refractivity contribution in [1.82, 2.24) is 15.1 Å². The lowest BCUT2D eigenvalue weighted by molar-refractivity contribution is -0.161. The number of methoxy groups -OCH3 is 1. The van der Waals surface area contributed by atoms with Gasteiger partial charge in [-0.3, -0.25) is 9.59 Å². The van der Waals surface area contributed by atoms with Crippen LogP contribution in [0.4, 0.5) is 0 Å². The second-order valence-electron chi connectivity index (χ2n) is 7.83. The number of amides is 2. The summed E-state index contributed by atoms with van der Waals surface area (Å²) >= 11 is 0. The molecule has 0 bridgehead atoms. The van der Waals surface area contributed by atoms with Crippen LogP contribution in [-0.4, -0.2) is 73.6 Å². The lowest BCUT2D eigenvalue weighted by Crippen LogP contribution is -2.59. The van der Waals surface area contributed by atoms with Gasteiger partial charge in [0.05, 0.1) is 0 Å². The smallest absolute Gasteiger partial charge is 0.255 e. The van der Waals surface area contributed by atoms with Gasteiger partial charge in [-0.2, -0.15) is 0 Å². The van der Waals surface area contributed by atoms with Crippen LogP contribution in [0.2, 0.25) is 0 Å². The molecule has 1 saturated carbocycles. The molecule has 0 atom stereocenters. The molecule has 1 aliphatic carbocycles. The summed E-state index contributed by atoms with van der Waals surface area (Å²) in [5.41, 5.74) is -0.667. The minimum absolute atomic E-state index is 0.107. The van der Waals surface area contributed by atoms with Crippen LogP contribution in [0.5, 0.6) is 0 Å². The first kappa shape index (κ1) is 18.6. The molecule has 25 heavy (non-hydrogen) atoms. The van der Waals surface area contributed by atoms with Gasteiger partial charge in [0, 0.05) is 39.7 Å². The fourth-order valence-corrected chi connectivity index (χ4v) is 4.55. The van der Waals surface area contributed by atoms with E-state index in [-0.39, 0.29) is 11.8 Å². The van der Waals surface area contributed by atoms with Crippen molar-refractivity contribution in [2.45, 2.75) is 57.0 Å². The van der Waals surface area contributed by atoms with Crippen LogP contribution in [0.15, 0.2) is 0 Å². The number of hydrogen-bond donors (Lipinski definition) is 1. The van der Waals surface area contributed by atoms with Gasteiger partial charge in [0.15, 0.2) is 0 Å². The maximum absolute atomic E-state index is 13.0. The van der Waals surface area contributed by atoms with Gasteiger partial charge in [0.25, 0.3) is 5.91 Å². The highest BCUT2D eigenvalue weighted by molar-refractivity contribution is 5.86. The van der Waals surface area contributed by atoms with Crippen molar-refractivity contribution in [3.63, 3.8) is 0 Å². The Morgan fingerprint density at radius 2 is 1.60 bits per heavy atom. The average Bonchev–Trinajstić information content (AvgIpc) is 2.69. The highest BCUT2D eigenvalue weighted by Gasteiger charge is 2.43. The standard InChI is InChI=1S/C19H33N3O3/c1-25-19(7-9-20-10-8-19)18(24)22-13-11-21(12-14-22)17(23)15-16-5-3-2-4-6-16/h16,20H,2-15H2,1H3. The molecule has 1 N–H and O–H groups in total. The number of hydrogen-bond acceptors (Lipinski definition) is 4. The normalized spacial score (nSPS) is 25.0. The Morgan fingerprint density at radius 1 is 1.00 bits per heavy atom. The van der Waals surface area contributed by atoms with Crippen molar-refractivity contribution in [3.8, 4) is 0 Å². The quantitative estimate of drug-likeness (QED) is 0.832. The zero-order valence-electron chi connectivity index (χ0n) is 15.6. The first-order chi connectivity index (χ1) is 12.1. The molecule has 0 aromatic rings. The summed E-state index contributed by atoms with van der Waals surface area (Å²) in [5.74, 6) is 0.964. The molecule has 2 amide bonds. The molecule has 2 heterocycles. The van der Waals surface area contributed by atoms with Crippen LogP contribution >= 0.6 is 0 Å². The minimum atomic E-state index is -0.667. The molecule has 0 unspecified atom stereocenters. The number of carbonyl (C=O) groups excluding carboxylic acids is 2. The molecule has 3 rings (SSSR count). The highest BCUT2D eigenvalue weighted by atomic mass is 16.5. The Morgan fingerprint density at radius 3 is 2.20 bits per heavy atom. The average molecular weight is 351 g/mol. The molecule has 0 aromatic carbocycles. The molecule has 6 nitrogen and oxygen atoms in total. The van der Waals surface area contributed by atoms with Crippen LogP contribution in [0.1, 0.15) is 51.4 Å². The summed E-state index contributed by atoms with van der Waals surface area (Å²) < 4.78 is 5.66. The van der Waals surface area contributed by atoms with E-state index >= 15 is 0 Å². The van der Waals surface area contributed by atoms with Crippen molar-refractivity contribution in [3.05, 3.63) is 0 Å². The maximum Gasteiger partial charge on any atom is 0.255 e. The highest BCUT2D eigenvalue weighted by Crippen LogP contribution is 2.28. The third-order valence-corrected chi connectivity index (χ3v) is 6.30. The third kappa shape index (κ3) is 4.34. The summed E-state index contributed by atoms with van der Waals surface area (Å²) in [5, 5.41) is 3.29. The largest absolute Gasteiger partial charge is 0.368 e. The summed E-state index contributed by atoms with van der Waals surface area (Å²) in [6, 6.07) is 0. The van der Waals surface area contributed by atoms with Crippen LogP contribution < -0.4 is 5.32 Å². The Bertz CT molecular complexity index is 463. The van der Waals surface area contributed by atoms with Crippen LogP contribution in [-0.2, 0) is 14.3 Å². The zero-order valence-corrected chi connectivity index (χ0v) is 15.6. The van der Waals surface area contributed by atoms with Gasteiger partial charge in [0.2, 0.25) is 5.91 Å². The minimum Gasteiger partial charge on any atom is -0.368 e. The molecule has 0 spiro atoms. The van der Waals surface area contributed by atoms with E-state index in [0.717, 1.165) is 25.9 Å². The van der Waals surface area contributed by atoms with E-state index in [2.05, 4.69) is 5.32 Å². The topological polar surface area (TPSA) is 61.9 Å². The second-order valence-corrected chi connectivity index (χ2v) is 7.83. The van der Waals surface area contributed by atoms with E-state index in [0.29, 0.717) is 38.5 Å². The molecule has 6 heteroatoms. The lowest BCUT2D eigenvalue weighted by atomic mass is 9.86. The predicted molar refractivity (Wildman–Crippen MR) is 96.2 cm³/mol. The second kappa shape index (κ2) is 8.49. The molecule has 142 valence electrons. The third-order valence-electron chi connectivity index (χ3n) is 6.30. The fourth-order valence-electron chi connectivity index (χ4n) is 4.55. The van der Waals surface area contributed by atoms with Crippen molar-refractivity contribution < 1.29 is 14.3 Å². The first-order valence-electron chi connectivity index (χ1n) is 9.98. The Hall–Kier alpha value is -1.14. The van der Waals surface area contributed by atoms with Gasteiger partial charge in [0.1, 0.15) is 5.60 Å². The summed E-state index contributed by atoms with van der Waals surface area (Å²) in [4.78, 5) is 29.4. The number of ether oxygens (including phenoxy) is 1. The fraction of sp³-hybridized carbons (Fsp3) is 0.895. The van der Waals surface area contributed by atoms with Gasteiger partial charge in [-0.15, -0.1) is 0 Å². The van der Waals surface area contributed by atoms with Gasteiger partial charge >= 0.3 is 0 Å². The molecule has 2 aliphatic heterocycles. The molecule has 0 aromatic heterocycles. The molecule has 3 aliphatic rings. The Balaban J connectivity index is 1.49. The maximum atomic E-state index is 13.0. The summed E-state index contributed by atoms with van der Waals surface area (Å²) in [6.45, 7) is 4.23. The number of nitrogens with one attached hydrogen (secondary N) is 1. The van der Waals surface area contributed by atoms with E-state index in [1.165, 1.54) is 32.1 Å². The molecular formula is C19H33N3O3. The number of piperidine rings is 1. The van der Waals surface area contributed by atoms with Crippen molar-refractivity contribution in [1.29, 1.82) is 0 Å². The van der Waals surface area contributed by atoms with E-state index in [1.54, 1.807) is 7.11 Å². The van der Waals surface area contributed by atoms with Gasteiger partial charge in [-0.1, -0.05) is 19.3 Å². The predicted octanol–water partition coefficient (Wildman–Crippen LogP) is 1.40. The van der Waals surface area contributed by atoms with Gasteiger partial charge < -0.3 is 19.9 Å². The van der Waals surface area contributed by atoms with E-state index in [4.69, 9.17) is 4.74 Å². The Kier molecular flexibility index (Phi) is 6.34. The van der Waals surface area contributed by atoms with Gasteiger partial charge in [-0.05, 0) is 44.7 Å². The molecule has 0 radical (unpaired) electrons. The van der Waals surface area contributed by atoms with E-state index in [9.17, 15) is 9.59 Å². The molecule has 2 saturated heterocycles. The van der Waals surface area contributed by atoms with E-state index < -0.39 is 5.60 Å². The lowest BCUT2D eigenvalue weighted by Gasteiger charge is -2.42. The van der Waals surface area contributed by atoms with Crippen LogP contribution in [0.3, 0.4) is 0 Å².